The van der Waals surface area contributed by atoms with Crippen LogP contribution in [0.1, 0.15) is 38.7 Å². The van der Waals surface area contributed by atoms with Crippen LogP contribution in [0.2, 0.25) is 0 Å². The Kier molecular flexibility index (Phi) is 3.95. The molecule has 1 N–H and O–H groups in total. The number of fused-ring (bicyclic) bond motifs is 1. The highest BCUT2D eigenvalue weighted by Gasteiger charge is 2.41. The topological polar surface area (TPSA) is 40.5 Å². The van der Waals surface area contributed by atoms with Gasteiger partial charge < -0.3 is 10.0 Å². The maximum absolute atomic E-state index is 12.5. The average molecular weight is 261 g/mol. The van der Waals surface area contributed by atoms with E-state index in [4.69, 9.17) is 0 Å². The predicted octanol–water partition coefficient (Wildman–Crippen LogP) is 2.76. The standard InChI is InChI=1S/C16H23NO2/c1-4-5-10-16(2,19)13-11-12-8-6-7-9-14(12)17(3)15(13)18/h6-9,13,19H,4-5,10-11H2,1-3H3. The Balaban J connectivity index is 2.28. The summed E-state index contributed by atoms with van der Waals surface area (Å²) in [5, 5.41) is 10.6. The Morgan fingerprint density at radius 3 is 2.79 bits per heavy atom. The first-order valence-electron chi connectivity index (χ1n) is 7.05. The maximum atomic E-state index is 12.5. The molecule has 2 unspecified atom stereocenters. The summed E-state index contributed by atoms with van der Waals surface area (Å²) in [6, 6.07) is 7.93. The van der Waals surface area contributed by atoms with Crippen molar-refractivity contribution in [2.75, 3.05) is 11.9 Å². The van der Waals surface area contributed by atoms with Gasteiger partial charge in [-0.3, -0.25) is 4.79 Å². The number of anilines is 1. The molecule has 0 bridgehead atoms. The number of hydrogen-bond acceptors (Lipinski definition) is 2. The molecule has 0 saturated carbocycles. The van der Waals surface area contributed by atoms with Crippen LogP contribution in [0.5, 0.6) is 0 Å². The lowest BCUT2D eigenvalue weighted by atomic mass is 9.77. The van der Waals surface area contributed by atoms with Crippen molar-refractivity contribution < 1.29 is 9.90 Å². The third-order valence-corrected chi connectivity index (χ3v) is 4.19. The van der Waals surface area contributed by atoms with Crippen LogP contribution in [0, 0.1) is 5.92 Å². The fourth-order valence-electron chi connectivity index (χ4n) is 2.87. The van der Waals surface area contributed by atoms with Gasteiger partial charge in [-0.15, -0.1) is 0 Å². The van der Waals surface area contributed by atoms with Crippen LogP contribution in [-0.4, -0.2) is 23.7 Å². The second-order valence-electron chi connectivity index (χ2n) is 5.74. The van der Waals surface area contributed by atoms with E-state index in [1.807, 2.05) is 24.3 Å². The summed E-state index contributed by atoms with van der Waals surface area (Å²) in [5.41, 5.74) is 1.19. The highest BCUT2D eigenvalue weighted by atomic mass is 16.3. The van der Waals surface area contributed by atoms with Crippen molar-refractivity contribution in [3.8, 4) is 0 Å². The Hall–Kier alpha value is -1.35. The number of benzene rings is 1. The van der Waals surface area contributed by atoms with Crippen LogP contribution in [0.3, 0.4) is 0 Å². The highest BCUT2D eigenvalue weighted by molar-refractivity contribution is 5.98. The number of amides is 1. The molecule has 1 aromatic rings. The summed E-state index contributed by atoms with van der Waals surface area (Å²) in [6.45, 7) is 3.90. The fourth-order valence-corrected chi connectivity index (χ4v) is 2.87. The van der Waals surface area contributed by atoms with Gasteiger partial charge in [0.05, 0.1) is 11.5 Å². The molecule has 0 aromatic heterocycles. The van der Waals surface area contributed by atoms with Gasteiger partial charge in [0.2, 0.25) is 5.91 Å². The van der Waals surface area contributed by atoms with Crippen molar-refractivity contribution in [2.45, 2.75) is 45.1 Å². The van der Waals surface area contributed by atoms with Crippen molar-refractivity contribution in [1.29, 1.82) is 0 Å². The first-order valence-corrected chi connectivity index (χ1v) is 7.05. The minimum Gasteiger partial charge on any atom is -0.389 e. The van der Waals surface area contributed by atoms with Crippen molar-refractivity contribution in [3.63, 3.8) is 0 Å². The second-order valence-corrected chi connectivity index (χ2v) is 5.74. The molecule has 1 aliphatic heterocycles. The lowest BCUT2D eigenvalue weighted by Crippen LogP contribution is -2.49. The molecule has 0 aliphatic carbocycles. The second kappa shape index (κ2) is 5.33. The molecule has 19 heavy (non-hydrogen) atoms. The van der Waals surface area contributed by atoms with Gasteiger partial charge in [-0.2, -0.15) is 0 Å². The molecule has 0 saturated heterocycles. The minimum absolute atomic E-state index is 0.0276. The number of carbonyl (C=O) groups excluding carboxylic acids is 1. The quantitative estimate of drug-likeness (QED) is 0.905. The number of aliphatic hydroxyl groups is 1. The summed E-state index contributed by atoms with van der Waals surface area (Å²) in [5.74, 6) is -0.307. The Labute approximate surface area is 115 Å². The van der Waals surface area contributed by atoms with E-state index in [0.29, 0.717) is 12.8 Å². The van der Waals surface area contributed by atoms with Crippen LogP contribution in [0.25, 0.3) is 0 Å². The lowest BCUT2D eigenvalue weighted by molar-refractivity contribution is -0.131. The zero-order valence-electron chi connectivity index (χ0n) is 12.0. The lowest BCUT2D eigenvalue weighted by Gasteiger charge is -2.39. The van der Waals surface area contributed by atoms with Gasteiger partial charge in [0.1, 0.15) is 0 Å². The molecule has 0 spiro atoms. The molecule has 2 rings (SSSR count). The van der Waals surface area contributed by atoms with E-state index in [1.54, 1.807) is 18.9 Å². The molecule has 1 aromatic carbocycles. The van der Waals surface area contributed by atoms with Gasteiger partial charge in [0, 0.05) is 12.7 Å². The van der Waals surface area contributed by atoms with Gasteiger partial charge >= 0.3 is 0 Å². The van der Waals surface area contributed by atoms with E-state index in [9.17, 15) is 9.90 Å². The molecule has 2 atom stereocenters. The first kappa shape index (κ1) is 14.1. The van der Waals surface area contributed by atoms with E-state index in [0.717, 1.165) is 24.1 Å². The number of para-hydroxylation sites is 1. The van der Waals surface area contributed by atoms with Crippen molar-refractivity contribution >= 4 is 11.6 Å². The van der Waals surface area contributed by atoms with Crippen LogP contribution in [-0.2, 0) is 11.2 Å². The number of nitrogens with zero attached hydrogens (tertiary/aromatic N) is 1. The normalized spacial score (nSPS) is 22.0. The van der Waals surface area contributed by atoms with Crippen LogP contribution < -0.4 is 4.90 Å². The first-order chi connectivity index (χ1) is 8.97. The summed E-state index contributed by atoms with van der Waals surface area (Å²) in [4.78, 5) is 14.1. The Morgan fingerprint density at radius 2 is 2.11 bits per heavy atom. The summed E-state index contributed by atoms with van der Waals surface area (Å²) in [6.07, 6.45) is 3.29. The Morgan fingerprint density at radius 1 is 1.42 bits per heavy atom. The molecule has 0 fully saturated rings. The number of hydrogen-bond donors (Lipinski definition) is 1. The highest BCUT2D eigenvalue weighted by Crippen LogP contribution is 2.36. The SMILES string of the molecule is CCCCC(C)(O)C1Cc2ccccc2N(C)C1=O. The predicted molar refractivity (Wildman–Crippen MR) is 77.2 cm³/mol. The average Bonchev–Trinajstić information content (AvgIpc) is 2.40. The fraction of sp³-hybridized carbons (Fsp3) is 0.562. The van der Waals surface area contributed by atoms with Crippen molar-refractivity contribution in [3.05, 3.63) is 29.8 Å². The third-order valence-electron chi connectivity index (χ3n) is 4.19. The van der Waals surface area contributed by atoms with Gasteiger partial charge in [-0.25, -0.2) is 0 Å². The molecule has 0 radical (unpaired) electrons. The van der Waals surface area contributed by atoms with Crippen molar-refractivity contribution in [2.24, 2.45) is 5.92 Å². The van der Waals surface area contributed by atoms with E-state index in [1.165, 1.54) is 0 Å². The smallest absolute Gasteiger partial charge is 0.233 e. The summed E-state index contributed by atoms with van der Waals surface area (Å²) in [7, 11) is 1.79. The van der Waals surface area contributed by atoms with E-state index in [2.05, 4.69) is 6.92 Å². The molecule has 1 amide bonds. The summed E-state index contributed by atoms with van der Waals surface area (Å²) >= 11 is 0. The number of carbonyl (C=O) groups is 1. The van der Waals surface area contributed by atoms with Gasteiger partial charge in [-0.05, 0) is 31.4 Å². The van der Waals surface area contributed by atoms with E-state index >= 15 is 0 Å². The van der Waals surface area contributed by atoms with E-state index < -0.39 is 5.60 Å². The largest absolute Gasteiger partial charge is 0.389 e. The van der Waals surface area contributed by atoms with Crippen molar-refractivity contribution in [1.82, 2.24) is 0 Å². The number of rotatable bonds is 4. The molecular weight excluding hydrogens is 238 g/mol. The van der Waals surface area contributed by atoms with Gasteiger partial charge in [0.15, 0.2) is 0 Å². The number of unbranched alkanes of at least 4 members (excludes halogenated alkanes) is 1. The molecule has 1 heterocycles. The van der Waals surface area contributed by atoms with Crippen LogP contribution >= 0.6 is 0 Å². The molecular formula is C16H23NO2. The molecule has 104 valence electrons. The third kappa shape index (κ3) is 2.66. The molecule has 3 nitrogen and oxygen atoms in total. The summed E-state index contributed by atoms with van der Waals surface area (Å²) < 4.78 is 0. The minimum atomic E-state index is -0.922. The van der Waals surface area contributed by atoms with Crippen LogP contribution in [0.4, 0.5) is 5.69 Å². The van der Waals surface area contributed by atoms with E-state index in [-0.39, 0.29) is 11.8 Å². The zero-order chi connectivity index (χ0) is 14.0. The van der Waals surface area contributed by atoms with Gasteiger partial charge in [-0.1, -0.05) is 38.0 Å². The maximum Gasteiger partial charge on any atom is 0.233 e. The van der Waals surface area contributed by atoms with Gasteiger partial charge in [0.25, 0.3) is 0 Å². The zero-order valence-corrected chi connectivity index (χ0v) is 12.0. The Bertz CT molecular complexity index is 468. The monoisotopic (exact) mass is 261 g/mol. The van der Waals surface area contributed by atoms with Crippen LogP contribution in [0.15, 0.2) is 24.3 Å². The molecule has 1 aliphatic rings. The molecule has 3 heteroatoms.